The second-order valence-corrected chi connectivity index (χ2v) is 7.34. The molecule has 1 aromatic carbocycles. The molecular formula is C18H25NO. The lowest BCUT2D eigenvalue weighted by atomic mass is 9.64. The molecular weight excluding hydrogens is 246 g/mol. The van der Waals surface area contributed by atoms with Gasteiger partial charge in [0, 0.05) is 5.54 Å². The first-order valence-corrected chi connectivity index (χ1v) is 7.78. The fraction of sp³-hybridized carbons (Fsp3) is 0.611. The fourth-order valence-corrected chi connectivity index (χ4v) is 4.49. The van der Waals surface area contributed by atoms with Gasteiger partial charge in [-0.15, -0.1) is 0 Å². The Morgan fingerprint density at radius 2 is 1.80 bits per heavy atom. The molecule has 1 N–H and O–H groups in total. The predicted octanol–water partition coefficient (Wildman–Crippen LogP) is 3.56. The zero-order valence-electron chi connectivity index (χ0n) is 12.8. The summed E-state index contributed by atoms with van der Waals surface area (Å²) in [5.74, 6) is 1.59. The van der Waals surface area contributed by atoms with Crippen LogP contribution >= 0.6 is 0 Å². The maximum atomic E-state index is 12.4. The molecule has 0 saturated heterocycles. The van der Waals surface area contributed by atoms with Gasteiger partial charge in [0.05, 0.1) is 6.42 Å². The van der Waals surface area contributed by atoms with Crippen LogP contribution in [0.5, 0.6) is 0 Å². The summed E-state index contributed by atoms with van der Waals surface area (Å²) in [5, 5.41) is 3.39. The van der Waals surface area contributed by atoms with Crippen LogP contribution < -0.4 is 5.32 Å². The number of nitrogens with one attached hydrogen (secondary N) is 1. The molecule has 0 radical (unpaired) electrons. The molecule has 2 nitrogen and oxygen atoms in total. The molecule has 3 rings (SSSR count). The smallest absolute Gasteiger partial charge is 0.224 e. The van der Waals surface area contributed by atoms with Gasteiger partial charge in [-0.3, -0.25) is 4.79 Å². The number of carbonyl (C=O) groups is 1. The zero-order valence-corrected chi connectivity index (χ0v) is 12.8. The molecule has 0 spiro atoms. The highest BCUT2D eigenvalue weighted by Crippen LogP contribution is 2.61. The molecule has 0 aliphatic heterocycles. The van der Waals surface area contributed by atoms with Gasteiger partial charge in [-0.05, 0) is 49.0 Å². The Morgan fingerprint density at radius 3 is 2.40 bits per heavy atom. The first-order valence-electron chi connectivity index (χ1n) is 7.78. The molecule has 3 atom stereocenters. The lowest BCUT2D eigenvalue weighted by Crippen LogP contribution is -2.59. The quantitative estimate of drug-likeness (QED) is 0.895. The minimum atomic E-state index is -0.0399. The van der Waals surface area contributed by atoms with Gasteiger partial charge in [-0.2, -0.15) is 0 Å². The average Bonchev–Trinajstić information content (AvgIpc) is 2.94. The van der Waals surface area contributed by atoms with Crippen molar-refractivity contribution in [2.75, 3.05) is 0 Å². The summed E-state index contributed by atoms with van der Waals surface area (Å²) in [6.45, 7) is 6.93. The third-order valence-electron chi connectivity index (χ3n) is 6.21. The van der Waals surface area contributed by atoms with Gasteiger partial charge in [-0.1, -0.05) is 44.2 Å². The summed E-state index contributed by atoms with van der Waals surface area (Å²) in [4.78, 5) is 12.4. The first-order chi connectivity index (χ1) is 9.43. The van der Waals surface area contributed by atoms with E-state index >= 15 is 0 Å². The molecule has 108 valence electrons. The van der Waals surface area contributed by atoms with Crippen LogP contribution in [0.25, 0.3) is 0 Å². The van der Waals surface area contributed by atoms with E-state index < -0.39 is 0 Å². The van der Waals surface area contributed by atoms with Crippen LogP contribution in [0, 0.1) is 17.3 Å². The van der Waals surface area contributed by atoms with Gasteiger partial charge in [0.1, 0.15) is 0 Å². The molecule has 0 aromatic heterocycles. The van der Waals surface area contributed by atoms with Crippen LogP contribution in [0.2, 0.25) is 0 Å². The van der Waals surface area contributed by atoms with Crippen molar-refractivity contribution in [3.63, 3.8) is 0 Å². The summed E-state index contributed by atoms with van der Waals surface area (Å²) in [7, 11) is 0. The second-order valence-electron chi connectivity index (χ2n) is 7.34. The monoisotopic (exact) mass is 271 g/mol. The summed E-state index contributed by atoms with van der Waals surface area (Å²) in [5.41, 5.74) is 1.26. The SMILES string of the molecule is CC1(C)[C@H]2CC[C@@H](C2)[C@@]1(C)NC(=O)Cc1ccccc1. The standard InChI is InChI=1S/C18H25NO/c1-17(2)14-9-10-15(12-14)18(17,3)19-16(20)11-13-7-5-4-6-8-13/h4-8,14-15H,9-12H2,1-3H3,(H,19,20)/t14-,15-,18+/m0/s1. The molecule has 20 heavy (non-hydrogen) atoms. The van der Waals surface area contributed by atoms with Crippen molar-refractivity contribution in [2.24, 2.45) is 17.3 Å². The van der Waals surface area contributed by atoms with Gasteiger partial charge >= 0.3 is 0 Å². The van der Waals surface area contributed by atoms with Crippen molar-refractivity contribution in [3.05, 3.63) is 35.9 Å². The van der Waals surface area contributed by atoms with E-state index in [-0.39, 0.29) is 16.9 Å². The molecule has 2 aliphatic rings. The Labute approximate surface area is 122 Å². The number of fused-ring (bicyclic) bond motifs is 2. The lowest BCUT2D eigenvalue weighted by molar-refractivity contribution is -0.124. The van der Waals surface area contributed by atoms with Crippen LogP contribution in [0.1, 0.15) is 45.6 Å². The minimum Gasteiger partial charge on any atom is -0.350 e. The van der Waals surface area contributed by atoms with Crippen molar-refractivity contribution < 1.29 is 4.79 Å². The Balaban J connectivity index is 1.72. The molecule has 2 fully saturated rings. The van der Waals surface area contributed by atoms with E-state index in [2.05, 4.69) is 26.1 Å². The Morgan fingerprint density at radius 1 is 1.15 bits per heavy atom. The Hall–Kier alpha value is -1.31. The van der Waals surface area contributed by atoms with Crippen molar-refractivity contribution in [1.82, 2.24) is 5.32 Å². The van der Waals surface area contributed by atoms with E-state index in [0.29, 0.717) is 12.3 Å². The Kier molecular flexibility index (Phi) is 3.15. The summed E-state index contributed by atoms with van der Waals surface area (Å²) in [6.07, 6.45) is 4.39. The van der Waals surface area contributed by atoms with Crippen molar-refractivity contribution in [3.8, 4) is 0 Å². The van der Waals surface area contributed by atoms with Crippen molar-refractivity contribution >= 4 is 5.91 Å². The highest BCUT2D eigenvalue weighted by atomic mass is 16.1. The third kappa shape index (κ3) is 1.97. The normalized spacial score (nSPS) is 34.1. The summed E-state index contributed by atoms with van der Waals surface area (Å²) < 4.78 is 0. The van der Waals surface area contributed by atoms with E-state index in [0.717, 1.165) is 11.5 Å². The van der Waals surface area contributed by atoms with E-state index in [4.69, 9.17) is 0 Å². The number of hydrogen-bond acceptors (Lipinski definition) is 1. The molecule has 1 aromatic rings. The first kappa shape index (κ1) is 13.7. The van der Waals surface area contributed by atoms with Gasteiger partial charge in [0.2, 0.25) is 5.91 Å². The predicted molar refractivity (Wildman–Crippen MR) is 81.3 cm³/mol. The number of hydrogen-bond donors (Lipinski definition) is 1. The highest BCUT2D eigenvalue weighted by Gasteiger charge is 2.60. The average molecular weight is 271 g/mol. The van der Waals surface area contributed by atoms with E-state index in [1.807, 2.05) is 30.3 Å². The largest absolute Gasteiger partial charge is 0.350 e. The number of carbonyl (C=O) groups excluding carboxylic acids is 1. The van der Waals surface area contributed by atoms with Crippen LogP contribution in [-0.4, -0.2) is 11.4 Å². The molecule has 2 bridgehead atoms. The number of amides is 1. The Bertz CT molecular complexity index is 507. The van der Waals surface area contributed by atoms with E-state index in [9.17, 15) is 4.79 Å². The topological polar surface area (TPSA) is 29.1 Å². The lowest BCUT2D eigenvalue weighted by Gasteiger charge is -2.48. The maximum Gasteiger partial charge on any atom is 0.224 e. The van der Waals surface area contributed by atoms with Crippen molar-refractivity contribution in [1.29, 1.82) is 0 Å². The summed E-state index contributed by atoms with van der Waals surface area (Å²) in [6, 6.07) is 10.0. The van der Waals surface area contributed by atoms with Crippen LogP contribution in [0.15, 0.2) is 30.3 Å². The molecule has 1 amide bonds. The molecule has 2 aliphatic carbocycles. The van der Waals surface area contributed by atoms with Crippen LogP contribution in [-0.2, 0) is 11.2 Å². The molecule has 2 heteroatoms. The second kappa shape index (κ2) is 4.61. The third-order valence-corrected chi connectivity index (χ3v) is 6.21. The number of benzene rings is 1. The van der Waals surface area contributed by atoms with E-state index in [1.165, 1.54) is 19.3 Å². The van der Waals surface area contributed by atoms with Crippen LogP contribution in [0.4, 0.5) is 0 Å². The molecule has 0 heterocycles. The minimum absolute atomic E-state index is 0.0399. The highest BCUT2D eigenvalue weighted by molar-refractivity contribution is 5.79. The summed E-state index contributed by atoms with van der Waals surface area (Å²) >= 11 is 0. The molecule has 0 unspecified atom stereocenters. The van der Waals surface area contributed by atoms with Gasteiger partial charge in [-0.25, -0.2) is 0 Å². The molecule has 2 saturated carbocycles. The zero-order chi connectivity index (χ0) is 14.4. The van der Waals surface area contributed by atoms with Crippen molar-refractivity contribution in [2.45, 2.75) is 52.0 Å². The van der Waals surface area contributed by atoms with E-state index in [1.54, 1.807) is 0 Å². The van der Waals surface area contributed by atoms with Gasteiger partial charge < -0.3 is 5.32 Å². The number of rotatable bonds is 3. The van der Waals surface area contributed by atoms with Crippen LogP contribution in [0.3, 0.4) is 0 Å². The van der Waals surface area contributed by atoms with Gasteiger partial charge in [0.15, 0.2) is 0 Å². The fourth-order valence-electron chi connectivity index (χ4n) is 4.49. The maximum absolute atomic E-state index is 12.4. The van der Waals surface area contributed by atoms with Gasteiger partial charge in [0.25, 0.3) is 0 Å².